The lowest BCUT2D eigenvalue weighted by molar-refractivity contribution is 0.0745. The molecular weight excluding hydrogens is 582 g/mol. The zero-order chi connectivity index (χ0) is 31.2. The zero-order valence-corrected chi connectivity index (χ0v) is 26.2. The number of fused-ring (bicyclic) bond motifs is 1. The molecule has 0 spiro atoms. The molecule has 1 aliphatic heterocycles. The van der Waals surface area contributed by atoms with Crippen molar-refractivity contribution in [3.05, 3.63) is 82.0 Å². The lowest BCUT2D eigenvalue weighted by Crippen LogP contribution is -2.31. The Morgan fingerprint density at radius 2 is 1.73 bits per heavy atom. The molecule has 1 aromatic heterocycles. The summed E-state index contributed by atoms with van der Waals surface area (Å²) in [6.07, 6.45) is 3.71. The highest BCUT2D eigenvalue weighted by atomic mass is 35.5. The van der Waals surface area contributed by atoms with E-state index >= 15 is 0 Å². The number of aromatic amines is 1. The van der Waals surface area contributed by atoms with Crippen molar-refractivity contribution >= 4 is 17.5 Å². The van der Waals surface area contributed by atoms with Gasteiger partial charge in [-0.1, -0.05) is 43.5 Å². The molecule has 2 N–H and O–H groups in total. The fourth-order valence-corrected chi connectivity index (χ4v) is 5.75. The van der Waals surface area contributed by atoms with Gasteiger partial charge in [-0.05, 0) is 73.4 Å². The highest BCUT2D eigenvalue weighted by molar-refractivity contribution is 6.31. The van der Waals surface area contributed by atoms with E-state index < -0.39 is 6.04 Å². The van der Waals surface area contributed by atoms with E-state index in [0.29, 0.717) is 76.7 Å². The molecule has 0 saturated heterocycles. The Hall–Kier alpha value is -4.37. The SMILES string of the molecule is CCCCCOc1ccc(C2c3c(-c4cc(Cl)ccc4O)n[nH]c3C(=O)N2CCc2ccc(OC)c(OC)c2)cc1OCC. The van der Waals surface area contributed by atoms with E-state index in [0.717, 1.165) is 30.4 Å². The minimum absolute atomic E-state index is 0.0181. The number of nitrogens with one attached hydrogen (secondary N) is 1. The first-order chi connectivity index (χ1) is 21.4. The molecule has 10 heteroatoms. The van der Waals surface area contributed by atoms with Crippen LogP contribution in [-0.2, 0) is 6.42 Å². The molecule has 1 unspecified atom stereocenters. The van der Waals surface area contributed by atoms with Gasteiger partial charge in [0.25, 0.3) is 5.91 Å². The van der Waals surface area contributed by atoms with Crippen molar-refractivity contribution in [2.24, 2.45) is 0 Å². The van der Waals surface area contributed by atoms with E-state index in [4.69, 9.17) is 30.5 Å². The van der Waals surface area contributed by atoms with Crippen LogP contribution in [0.25, 0.3) is 11.3 Å². The molecule has 2 heterocycles. The number of H-pyrrole nitrogens is 1. The largest absolute Gasteiger partial charge is 0.507 e. The Morgan fingerprint density at radius 1 is 0.932 bits per heavy atom. The molecule has 0 bridgehead atoms. The van der Waals surface area contributed by atoms with Crippen molar-refractivity contribution in [1.29, 1.82) is 0 Å². The predicted molar refractivity (Wildman–Crippen MR) is 169 cm³/mol. The van der Waals surface area contributed by atoms with E-state index in [1.165, 1.54) is 6.07 Å². The second-order valence-corrected chi connectivity index (χ2v) is 11.0. The summed E-state index contributed by atoms with van der Waals surface area (Å²) in [5.74, 6) is 2.36. The van der Waals surface area contributed by atoms with Crippen molar-refractivity contribution in [1.82, 2.24) is 15.1 Å². The average molecular weight is 620 g/mol. The maximum absolute atomic E-state index is 14.0. The number of nitrogens with zero attached hydrogens (tertiary/aromatic N) is 2. The molecule has 1 aliphatic rings. The van der Waals surface area contributed by atoms with Gasteiger partial charge in [-0.15, -0.1) is 0 Å². The third kappa shape index (κ3) is 6.28. The van der Waals surface area contributed by atoms with Gasteiger partial charge >= 0.3 is 0 Å². The molecule has 44 heavy (non-hydrogen) atoms. The van der Waals surface area contributed by atoms with E-state index in [-0.39, 0.29) is 11.7 Å². The lowest BCUT2D eigenvalue weighted by Gasteiger charge is -2.27. The predicted octanol–water partition coefficient (Wildman–Crippen LogP) is 7.21. The minimum atomic E-state index is -0.516. The Morgan fingerprint density at radius 3 is 2.48 bits per heavy atom. The first-order valence-electron chi connectivity index (χ1n) is 14.9. The van der Waals surface area contributed by atoms with Crippen molar-refractivity contribution in [2.45, 2.75) is 45.6 Å². The van der Waals surface area contributed by atoms with Crippen molar-refractivity contribution in [3.63, 3.8) is 0 Å². The smallest absolute Gasteiger partial charge is 0.273 e. The van der Waals surface area contributed by atoms with E-state index in [2.05, 4.69) is 17.1 Å². The van der Waals surface area contributed by atoms with Crippen LogP contribution in [0.15, 0.2) is 54.6 Å². The van der Waals surface area contributed by atoms with Crippen LogP contribution >= 0.6 is 11.6 Å². The summed E-state index contributed by atoms with van der Waals surface area (Å²) < 4.78 is 23.0. The Kier molecular flexibility index (Phi) is 9.85. The number of benzene rings is 3. The van der Waals surface area contributed by atoms with Crippen molar-refractivity contribution < 1.29 is 28.8 Å². The van der Waals surface area contributed by atoms with Gasteiger partial charge in [0.05, 0.1) is 33.5 Å². The molecule has 5 rings (SSSR count). The summed E-state index contributed by atoms with van der Waals surface area (Å²) in [5.41, 5.74) is 3.76. The van der Waals surface area contributed by atoms with Gasteiger partial charge in [0, 0.05) is 22.7 Å². The molecule has 232 valence electrons. The van der Waals surface area contributed by atoms with Gasteiger partial charge in [-0.25, -0.2) is 0 Å². The second-order valence-electron chi connectivity index (χ2n) is 10.6. The van der Waals surface area contributed by atoms with Crippen molar-refractivity contribution in [2.75, 3.05) is 34.0 Å². The average Bonchev–Trinajstić information content (AvgIpc) is 3.58. The number of phenolic OH excluding ortho intramolecular Hbond substituents is 1. The molecule has 4 aromatic rings. The highest BCUT2D eigenvalue weighted by Gasteiger charge is 2.42. The fraction of sp³-hybridized carbons (Fsp3) is 0.353. The maximum Gasteiger partial charge on any atom is 0.273 e. The Balaban J connectivity index is 1.56. The molecule has 3 aromatic carbocycles. The standard InChI is InChI=1S/C34H38ClN3O6/c1-5-7-8-17-44-27-14-10-22(19-29(27)43-6-2)33-30-31(24-20-23(35)11-12-25(24)39)36-37-32(30)34(40)38(33)16-15-21-9-13-26(41-3)28(18-21)42-4/h9-14,18-20,33,39H,5-8,15-17H2,1-4H3,(H,36,37). The number of unbranched alkanes of at least 4 members (excludes halogenated alkanes) is 2. The monoisotopic (exact) mass is 619 g/mol. The molecule has 1 atom stereocenters. The summed E-state index contributed by atoms with van der Waals surface area (Å²) in [5, 5.41) is 18.7. The fourth-order valence-electron chi connectivity index (χ4n) is 5.58. The van der Waals surface area contributed by atoms with Crippen LogP contribution in [0, 0.1) is 0 Å². The molecule has 0 aliphatic carbocycles. The number of carbonyl (C=O) groups is 1. The summed E-state index contributed by atoms with van der Waals surface area (Å²) in [7, 11) is 3.20. The third-order valence-corrected chi connectivity index (χ3v) is 7.99. The highest BCUT2D eigenvalue weighted by Crippen LogP contribution is 2.46. The maximum atomic E-state index is 14.0. The first kappa shape index (κ1) is 31.1. The number of phenols is 1. The lowest BCUT2D eigenvalue weighted by atomic mass is 9.95. The number of hydrogen-bond acceptors (Lipinski definition) is 7. The Bertz CT molecular complexity index is 1620. The number of aromatic hydroxyl groups is 1. The van der Waals surface area contributed by atoms with Gasteiger partial charge in [-0.2, -0.15) is 5.10 Å². The molecule has 0 fully saturated rings. The molecule has 0 radical (unpaired) electrons. The van der Waals surface area contributed by atoms with Gasteiger partial charge in [0.1, 0.15) is 17.1 Å². The van der Waals surface area contributed by atoms with Crippen LogP contribution in [0.4, 0.5) is 0 Å². The topological polar surface area (TPSA) is 106 Å². The van der Waals surface area contributed by atoms with Crippen LogP contribution in [0.1, 0.15) is 66.3 Å². The molecule has 0 saturated carbocycles. The van der Waals surface area contributed by atoms with E-state index in [1.54, 1.807) is 26.4 Å². The number of halogens is 1. The Labute approximate surface area is 262 Å². The minimum Gasteiger partial charge on any atom is -0.507 e. The number of rotatable bonds is 14. The summed E-state index contributed by atoms with van der Waals surface area (Å²) >= 11 is 6.32. The number of ether oxygens (including phenoxy) is 4. The summed E-state index contributed by atoms with van der Waals surface area (Å²) in [6, 6.07) is 15.8. The summed E-state index contributed by atoms with van der Waals surface area (Å²) in [4.78, 5) is 15.8. The molecule has 1 amide bonds. The number of amides is 1. The number of carbonyl (C=O) groups excluding carboxylic acids is 1. The van der Waals surface area contributed by atoms with Gasteiger partial charge in [0.15, 0.2) is 23.0 Å². The van der Waals surface area contributed by atoms with Gasteiger partial charge in [0.2, 0.25) is 0 Å². The van der Waals surface area contributed by atoms with Crippen molar-refractivity contribution in [3.8, 4) is 40.0 Å². The number of methoxy groups -OCH3 is 2. The van der Waals surface area contributed by atoms with Crippen LogP contribution in [0.2, 0.25) is 5.02 Å². The molecule has 9 nitrogen and oxygen atoms in total. The van der Waals surface area contributed by atoms with Crippen LogP contribution in [-0.4, -0.2) is 60.1 Å². The van der Waals surface area contributed by atoms with Gasteiger partial charge in [-0.3, -0.25) is 9.89 Å². The quantitative estimate of drug-likeness (QED) is 0.144. The normalized spacial score (nSPS) is 14.1. The molecular formula is C34H38ClN3O6. The van der Waals surface area contributed by atoms with Gasteiger partial charge < -0.3 is 29.0 Å². The van der Waals surface area contributed by atoms with Crippen LogP contribution in [0.3, 0.4) is 0 Å². The summed E-state index contributed by atoms with van der Waals surface area (Å²) in [6.45, 7) is 5.54. The number of aromatic nitrogens is 2. The van der Waals surface area contributed by atoms with Crippen LogP contribution in [0.5, 0.6) is 28.7 Å². The number of hydrogen-bond donors (Lipinski definition) is 2. The van der Waals surface area contributed by atoms with Crippen LogP contribution < -0.4 is 18.9 Å². The third-order valence-electron chi connectivity index (χ3n) is 7.76. The van der Waals surface area contributed by atoms with E-state index in [9.17, 15) is 9.90 Å². The van der Waals surface area contributed by atoms with E-state index in [1.807, 2.05) is 48.2 Å². The second kappa shape index (κ2) is 13.9. The first-order valence-corrected chi connectivity index (χ1v) is 15.3. The zero-order valence-electron chi connectivity index (χ0n) is 25.5.